The number of rotatable bonds is 5. The van der Waals surface area contributed by atoms with Crippen molar-refractivity contribution in [2.45, 2.75) is 0 Å². The maximum atomic E-state index is 12.0. The molecule has 0 aliphatic heterocycles. The summed E-state index contributed by atoms with van der Waals surface area (Å²) in [4.78, 5) is 23.4. The van der Waals surface area contributed by atoms with Crippen LogP contribution in [0, 0.1) is 5.41 Å². The van der Waals surface area contributed by atoms with Crippen LogP contribution in [0.1, 0.15) is 21.5 Å². The Balaban J connectivity index is 1.79. The van der Waals surface area contributed by atoms with Crippen LogP contribution in [0.4, 0.5) is 16.2 Å². The van der Waals surface area contributed by atoms with Gasteiger partial charge in [-0.25, -0.2) is 4.79 Å². The Kier molecular flexibility index (Phi) is 5.36. The zero-order valence-electron chi connectivity index (χ0n) is 14.8. The van der Waals surface area contributed by atoms with Crippen molar-refractivity contribution in [1.82, 2.24) is 0 Å². The fraction of sp³-hybridized carbons (Fsp3) is 0. The van der Waals surface area contributed by atoms with E-state index < -0.39 is 12.0 Å². The lowest BCUT2D eigenvalue weighted by Gasteiger charge is -2.11. The molecule has 0 radical (unpaired) electrons. The first kappa shape index (κ1) is 18.7. The molecular weight excluding hydrogens is 356 g/mol. The molecule has 0 spiro atoms. The maximum absolute atomic E-state index is 12.0. The van der Waals surface area contributed by atoms with Crippen LogP contribution < -0.4 is 21.5 Å². The average molecular weight is 374 g/mol. The van der Waals surface area contributed by atoms with Gasteiger partial charge in [-0.05, 0) is 42.5 Å². The van der Waals surface area contributed by atoms with Gasteiger partial charge >= 0.3 is 6.09 Å². The second-order valence-corrected chi connectivity index (χ2v) is 5.95. The molecule has 0 saturated heterocycles. The Morgan fingerprint density at radius 2 is 1.64 bits per heavy atom. The van der Waals surface area contributed by atoms with E-state index in [1.807, 2.05) is 6.07 Å². The van der Waals surface area contributed by atoms with E-state index in [4.69, 9.17) is 21.6 Å². The van der Waals surface area contributed by atoms with E-state index in [2.05, 4.69) is 5.32 Å². The van der Waals surface area contributed by atoms with Gasteiger partial charge in [-0.2, -0.15) is 0 Å². The molecule has 0 aromatic heterocycles. The van der Waals surface area contributed by atoms with E-state index in [1.165, 1.54) is 18.2 Å². The monoisotopic (exact) mass is 374 g/mol. The number of amides is 2. The van der Waals surface area contributed by atoms with Crippen molar-refractivity contribution in [3.63, 3.8) is 0 Å². The molecule has 3 aromatic carbocycles. The number of nitrogens with two attached hydrogens (primary N) is 2. The fourth-order valence-electron chi connectivity index (χ4n) is 2.57. The topological polar surface area (TPSA) is 131 Å². The minimum absolute atomic E-state index is 0.0978. The van der Waals surface area contributed by atoms with Crippen LogP contribution in [-0.2, 0) is 0 Å². The Morgan fingerprint density at radius 3 is 2.36 bits per heavy atom. The first-order chi connectivity index (χ1) is 13.4. The predicted molar refractivity (Wildman–Crippen MR) is 108 cm³/mol. The van der Waals surface area contributed by atoms with Crippen molar-refractivity contribution in [2.24, 2.45) is 5.73 Å². The Labute approximate surface area is 161 Å². The number of carbonyl (C=O) groups excluding carboxylic acids is 2. The lowest BCUT2D eigenvalue weighted by Crippen LogP contribution is -2.17. The summed E-state index contributed by atoms with van der Waals surface area (Å²) in [5.74, 6) is -0.187. The summed E-state index contributed by atoms with van der Waals surface area (Å²) < 4.78 is 5.19. The molecule has 3 rings (SSSR count). The Bertz CT molecular complexity index is 1050. The van der Waals surface area contributed by atoms with E-state index >= 15 is 0 Å². The van der Waals surface area contributed by atoms with Gasteiger partial charge in [0.25, 0.3) is 0 Å². The summed E-state index contributed by atoms with van der Waals surface area (Å²) >= 11 is 0. The summed E-state index contributed by atoms with van der Waals surface area (Å²) in [7, 11) is 0. The summed E-state index contributed by atoms with van der Waals surface area (Å²) in [5.41, 5.74) is 13.3. The molecule has 0 saturated carbocycles. The van der Waals surface area contributed by atoms with Gasteiger partial charge in [0.2, 0.25) is 5.91 Å². The van der Waals surface area contributed by atoms with Crippen molar-refractivity contribution in [3.8, 4) is 5.75 Å². The van der Waals surface area contributed by atoms with Crippen LogP contribution in [-0.4, -0.2) is 17.7 Å². The smallest absolute Gasteiger partial charge is 0.410 e. The van der Waals surface area contributed by atoms with Gasteiger partial charge in [0.1, 0.15) is 5.75 Å². The lowest BCUT2D eigenvalue weighted by atomic mass is 9.98. The molecule has 0 fully saturated rings. The average Bonchev–Trinajstić information content (AvgIpc) is 2.68. The van der Waals surface area contributed by atoms with Crippen LogP contribution in [0.2, 0.25) is 0 Å². The predicted octanol–water partition coefficient (Wildman–Crippen LogP) is 3.39. The van der Waals surface area contributed by atoms with E-state index in [-0.39, 0.29) is 11.3 Å². The van der Waals surface area contributed by atoms with Gasteiger partial charge in [0.05, 0.1) is 5.71 Å². The largest absolute Gasteiger partial charge is 0.417 e. The molecule has 0 aliphatic carbocycles. The number of primary amides is 1. The Hall–Kier alpha value is -4.13. The minimum atomic E-state index is -0.648. The third kappa shape index (κ3) is 4.34. The van der Waals surface area contributed by atoms with Gasteiger partial charge in [0.15, 0.2) is 0 Å². The number of hydrogen-bond acceptors (Lipinski definition) is 5. The highest BCUT2D eigenvalue weighted by Gasteiger charge is 2.13. The molecule has 0 aliphatic rings. The van der Waals surface area contributed by atoms with E-state index in [1.54, 1.807) is 48.5 Å². The highest BCUT2D eigenvalue weighted by Crippen LogP contribution is 2.21. The molecule has 7 nitrogen and oxygen atoms in total. The number of nitrogen functional groups attached to an aromatic ring is 1. The molecule has 0 unspecified atom stereocenters. The third-order valence-corrected chi connectivity index (χ3v) is 3.96. The normalized spacial score (nSPS) is 10.1. The number of ether oxygens (including phenoxy) is 1. The van der Waals surface area contributed by atoms with Crippen molar-refractivity contribution < 1.29 is 14.3 Å². The Morgan fingerprint density at radius 1 is 0.893 bits per heavy atom. The molecule has 2 amide bonds. The summed E-state index contributed by atoms with van der Waals surface area (Å²) in [5, 5.41) is 11.0. The molecular formula is C21H18N4O3. The van der Waals surface area contributed by atoms with Crippen molar-refractivity contribution in [2.75, 3.05) is 11.1 Å². The molecule has 6 N–H and O–H groups in total. The number of nitrogens with one attached hydrogen (secondary N) is 2. The van der Waals surface area contributed by atoms with Crippen molar-refractivity contribution in [1.29, 1.82) is 5.41 Å². The summed E-state index contributed by atoms with van der Waals surface area (Å²) in [6, 6.07) is 19.9. The fourth-order valence-corrected chi connectivity index (χ4v) is 2.57. The molecule has 0 heterocycles. The molecule has 140 valence electrons. The molecule has 0 atom stereocenters. The first-order valence-electron chi connectivity index (χ1n) is 8.36. The number of hydrogen-bond donors (Lipinski definition) is 4. The van der Waals surface area contributed by atoms with Gasteiger partial charge < -0.3 is 16.2 Å². The van der Waals surface area contributed by atoms with Crippen LogP contribution >= 0.6 is 0 Å². The third-order valence-electron chi connectivity index (χ3n) is 3.96. The minimum Gasteiger partial charge on any atom is -0.410 e. The van der Waals surface area contributed by atoms with Crippen molar-refractivity contribution in [3.05, 3.63) is 89.5 Å². The molecule has 3 aromatic rings. The van der Waals surface area contributed by atoms with E-state index in [0.717, 1.165) is 0 Å². The first-order valence-corrected chi connectivity index (χ1v) is 8.36. The number of carbonyl (C=O) groups is 2. The second-order valence-electron chi connectivity index (χ2n) is 5.95. The molecule has 0 bridgehead atoms. The van der Waals surface area contributed by atoms with Crippen LogP contribution in [0.15, 0.2) is 72.8 Å². The van der Waals surface area contributed by atoms with Gasteiger partial charge in [0, 0.05) is 28.1 Å². The van der Waals surface area contributed by atoms with Gasteiger partial charge in [-0.1, -0.05) is 30.3 Å². The number of para-hydroxylation sites is 1. The quantitative estimate of drug-likeness (QED) is 0.402. The van der Waals surface area contributed by atoms with Crippen LogP contribution in [0.5, 0.6) is 5.75 Å². The van der Waals surface area contributed by atoms with Crippen molar-refractivity contribution >= 4 is 29.1 Å². The SMILES string of the molecule is N=C(c1cccc(NC(=O)Oc2ccccc2)c1)c1cc(C(N)=O)ccc1N. The van der Waals surface area contributed by atoms with Crippen LogP contribution in [0.25, 0.3) is 0 Å². The molecule has 28 heavy (non-hydrogen) atoms. The van der Waals surface area contributed by atoms with Gasteiger partial charge in [-0.3, -0.25) is 15.5 Å². The zero-order chi connectivity index (χ0) is 20.1. The highest BCUT2D eigenvalue weighted by molar-refractivity contribution is 6.15. The maximum Gasteiger partial charge on any atom is 0.417 e. The van der Waals surface area contributed by atoms with E-state index in [9.17, 15) is 9.59 Å². The van der Waals surface area contributed by atoms with Crippen LogP contribution in [0.3, 0.4) is 0 Å². The lowest BCUT2D eigenvalue weighted by molar-refractivity contribution is 0.1000. The zero-order valence-corrected chi connectivity index (χ0v) is 14.8. The molecule has 7 heteroatoms. The summed E-state index contributed by atoms with van der Waals surface area (Å²) in [6.45, 7) is 0. The van der Waals surface area contributed by atoms with E-state index in [0.29, 0.717) is 28.3 Å². The second kappa shape index (κ2) is 8.05. The highest BCUT2D eigenvalue weighted by atomic mass is 16.6. The number of benzene rings is 3. The summed E-state index contributed by atoms with van der Waals surface area (Å²) in [6.07, 6.45) is -0.648. The van der Waals surface area contributed by atoms with Gasteiger partial charge in [-0.15, -0.1) is 0 Å². The number of anilines is 2. The standard InChI is InChI=1S/C21H18N4O3/c22-18-10-9-14(20(24)26)12-17(18)19(23)13-5-4-6-15(11-13)25-21(27)28-16-7-2-1-3-8-16/h1-12,23H,22H2,(H2,24,26)(H,25,27).